The Labute approximate surface area is 437 Å². The average molecular weight is 1060 g/mol. The fourth-order valence-corrected chi connectivity index (χ4v) is 8.62. The molecule has 11 N–H and O–H groups in total. The van der Waals surface area contributed by atoms with Crippen molar-refractivity contribution in [2.45, 2.75) is 116 Å². The summed E-state index contributed by atoms with van der Waals surface area (Å²) in [5, 5.41) is 26.0. The number of imidazole rings is 1. The van der Waals surface area contributed by atoms with E-state index in [4.69, 9.17) is 11.1 Å². The summed E-state index contributed by atoms with van der Waals surface area (Å²) in [6.07, 6.45) is 5.91. The van der Waals surface area contributed by atoms with E-state index >= 15 is 0 Å². The first kappa shape index (κ1) is 58.8. The zero-order valence-corrected chi connectivity index (χ0v) is 43.2. The number of carbonyl (C=O) groups excluding carboxylic acids is 7. The Balaban J connectivity index is 1.29. The summed E-state index contributed by atoms with van der Waals surface area (Å²) in [6, 6.07) is 0.655. The van der Waals surface area contributed by atoms with Crippen molar-refractivity contribution in [3.63, 3.8) is 0 Å². The summed E-state index contributed by atoms with van der Waals surface area (Å²) in [4.78, 5) is 123. The molecule has 5 rings (SSSR count). The Morgan fingerprint density at radius 2 is 1.46 bits per heavy atom. The lowest BCUT2D eigenvalue weighted by atomic mass is 9.97. The highest BCUT2D eigenvalue weighted by Gasteiger charge is 2.34. The lowest BCUT2D eigenvalue weighted by molar-refractivity contribution is -0.138. The summed E-state index contributed by atoms with van der Waals surface area (Å²) in [5.41, 5.74) is 6.10. The third-order valence-electron chi connectivity index (χ3n) is 13.0. The van der Waals surface area contributed by atoms with Gasteiger partial charge < -0.3 is 57.7 Å². The maximum absolute atomic E-state index is 14.1. The fourth-order valence-electron chi connectivity index (χ4n) is 8.62. The number of likely N-dealkylation sites (N-methyl/N-ethyl adjacent to an activating group) is 1. The molecule has 76 heavy (non-hydrogen) atoms. The molecule has 23 nitrogen and oxygen atoms in total. The summed E-state index contributed by atoms with van der Waals surface area (Å²) >= 11 is 0. The first-order valence-corrected chi connectivity index (χ1v) is 25.1. The average Bonchev–Trinajstić information content (AvgIpc) is 3.92. The second-order valence-electron chi connectivity index (χ2n) is 18.7. The number of hydrogen-bond acceptors (Lipinski definition) is 12. The zero-order valence-electron chi connectivity index (χ0n) is 43.2. The van der Waals surface area contributed by atoms with Crippen LogP contribution in [0.5, 0.6) is 0 Å². The molecule has 2 aromatic carbocycles. The van der Waals surface area contributed by atoms with Gasteiger partial charge in [-0.25, -0.2) is 23.1 Å². The summed E-state index contributed by atoms with van der Waals surface area (Å²) < 4.78 is 43.0. The van der Waals surface area contributed by atoms with Crippen molar-refractivity contribution in [2.75, 3.05) is 44.7 Å². The second kappa shape index (κ2) is 28.0. The Morgan fingerprint density at radius 1 is 0.816 bits per heavy atom. The van der Waals surface area contributed by atoms with Gasteiger partial charge in [-0.1, -0.05) is 40.0 Å². The third kappa shape index (κ3) is 16.5. The number of aromatic nitrogens is 4. The van der Waals surface area contributed by atoms with Gasteiger partial charge in [0, 0.05) is 77.1 Å². The lowest BCUT2D eigenvalue weighted by Gasteiger charge is -2.38. The number of nitrogens with zero attached hydrogens (tertiary/aromatic N) is 5. The highest BCUT2D eigenvalue weighted by molar-refractivity contribution is 5.95. The van der Waals surface area contributed by atoms with Crippen molar-refractivity contribution in [1.29, 1.82) is 5.41 Å². The van der Waals surface area contributed by atoms with Crippen LogP contribution in [-0.4, -0.2) is 142 Å². The molecule has 1 saturated heterocycles. The van der Waals surface area contributed by atoms with Gasteiger partial charge in [0.1, 0.15) is 36.8 Å². The number of benzene rings is 2. The van der Waals surface area contributed by atoms with Crippen molar-refractivity contribution in [1.82, 2.24) is 61.6 Å². The van der Waals surface area contributed by atoms with Crippen LogP contribution in [0, 0.1) is 28.8 Å². The van der Waals surface area contributed by atoms with Crippen LogP contribution >= 0.6 is 0 Å². The molecular weight excluding hydrogens is 996 g/mol. The number of carbonyl (C=O) groups is 7. The Kier molecular flexibility index (Phi) is 21.7. The number of piperazine rings is 1. The van der Waals surface area contributed by atoms with Gasteiger partial charge in [-0.2, -0.15) is 0 Å². The highest BCUT2D eigenvalue weighted by Crippen LogP contribution is 2.22. The van der Waals surface area contributed by atoms with E-state index in [-0.39, 0.29) is 60.4 Å². The molecule has 3 heterocycles. The van der Waals surface area contributed by atoms with Gasteiger partial charge in [0.05, 0.1) is 23.6 Å². The maximum atomic E-state index is 14.1. The van der Waals surface area contributed by atoms with E-state index in [2.05, 4.69) is 52.2 Å². The summed E-state index contributed by atoms with van der Waals surface area (Å²) in [5.74, 6) is -9.54. The summed E-state index contributed by atoms with van der Waals surface area (Å²) in [7, 11) is 1.26. The molecule has 0 radical (unpaired) electrons. The molecule has 0 unspecified atom stereocenters. The number of hydrogen-bond donors (Lipinski definition) is 10. The number of nitrogens with one attached hydrogen (secondary N) is 9. The van der Waals surface area contributed by atoms with Crippen molar-refractivity contribution in [3.8, 4) is 0 Å². The number of amides is 7. The number of rotatable bonds is 26. The van der Waals surface area contributed by atoms with Crippen LogP contribution in [0.15, 0.2) is 54.0 Å². The monoisotopic (exact) mass is 1060 g/mol. The number of H-pyrrole nitrogens is 1. The van der Waals surface area contributed by atoms with Crippen molar-refractivity contribution in [3.05, 3.63) is 88.2 Å². The predicted octanol–water partition coefficient (Wildman–Crippen LogP) is 0.360. The molecule has 0 aliphatic carbocycles. The van der Waals surface area contributed by atoms with E-state index < -0.39 is 95.7 Å². The minimum atomic E-state index is -1.71. The Hall–Kier alpha value is -8.06. The quantitative estimate of drug-likeness (QED) is 0.0176. The smallest absolute Gasteiger partial charge is 0.261 e. The normalized spacial score (nSPS) is 14.8. The molecule has 6 atom stereocenters. The van der Waals surface area contributed by atoms with Crippen LogP contribution in [-0.2, 0) is 52.9 Å². The largest absolute Gasteiger partial charge is 0.370 e. The molecular formula is C50H68F3N15O8. The van der Waals surface area contributed by atoms with E-state index in [1.165, 1.54) is 32.8 Å². The first-order chi connectivity index (χ1) is 36.2. The number of anilines is 1. The van der Waals surface area contributed by atoms with Crippen molar-refractivity contribution < 1.29 is 46.7 Å². The third-order valence-corrected chi connectivity index (χ3v) is 13.0. The van der Waals surface area contributed by atoms with E-state index in [1.807, 2.05) is 25.7 Å². The minimum Gasteiger partial charge on any atom is -0.370 e. The maximum Gasteiger partial charge on any atom is 0.261 e. The van der Waals surface area contributed by atoms with E-state index in [0.717, 1.165) is 11.0 Å². The van der Waals surface area contributed by atoms with Crippen LogP contribution in [0.25, 0.3) is 10.9 Å². The topological polar surface area (TPSA) is 324 Å². The van der Waals surface area contributed by atoms with Gasteiger partial charge in [0.2, 0.25) is 41.4 Å². The number of guanidine groups is 1. The van der Waals surface area contributed by atoms with Gasteiger partial charge in [0.25, 0.3) is 5.56 Å². The Morgan fingerprint density at radius 3 is 2.07 bits per heavy atom. The molecule has 1 aliphatic heterocycles. The summed E-state index contributed by atoms with van der Waals surface area (Å²) in [6.45, 7) is 8.07. The molecule has 7 amide bonds. The number of fused-ring (bicyclic) bond motifs is 1. The zero-order chi connectivity index (χ0) is 55.6. The van der Waals surface area contributed by atoms with Gasteiger partial charge in [-0.3, -0.25) is 48.3 Å². The van der Waals surface area contributed by atoms with Gasteiger partial charge in [-0.05, 0) is 61.1 Å². The highest BCUT2D eigenvalue weighted by atomic mass is 19.2. The number of nitrogens with two attached hydrogens (primary N) is 1. The number of halogens is 3. The van der Waals surface area contributed by atoms with E-state index in [0.29, 0.717) is 74.5 Å². The molecule has 0 bridgehead atoms. The van der Waals surface area contributed by atoms with Crippen LogP contribution in [0.3, 0.4) is 0 Å². The van der Waals surface area contributed by atoms with Gasteiger partial charge in [0.15, 0.2) is 23.4 Å². The fraction of sp³-hybridized carbons (Fsp3) is 0.500. The molecule has 0 spiro atoms. The van der Waals surface area contributed by atoms with Gasteiger partial charge in [-0.15, -0.1) is 0 Å². The number of unbranched alkanes of at least 4 members (excludes halogenated alkanes) is 1. The van der Waals surface area contributed by atoms with Gasteiger partial charge >= 0.3 is 0 Å². The van der Waals surface area contributed by atoms with E-state index in [1.54, 1.807) is 23.1 Å². The molecule has 1 fully saturated rings. The van der Waals surface area contributed by atoms with Crippen molar-refractivity contribution >= 4 is 63.9 Å². The minimum absolute atomic E-state index is 0.0583. The standard InChI is InChI=1S/C50H68F3N15O8/c1-6-8-10-38(63-47(74)43(28(3)7-2)61-29(4)69)49(76)67-17-15-66(16-18-67)32-12-13-36-33(23-32)48(75)68(27-60-36)25-41(70)62-37(11-9-14-58-50(54)55)45(72)65-40(22-31-24-57-26-59-31)46(73)64-39(44(71)56-5)21-30-19-34(51)42(53)35(52)20-30/h12-13,19-20,23-24,26-28,37-40,43H,6-11,14-18,21-22,25H2,1-5H3,(H,56,71)(H,57,59)(H,61,69)(H,62,70)(H,63,74)(H,64,73)(H,65,72)(H4,54,55,58)/t28-,37-,38-,39-,40-,43-/m0/s1. The Bertz CT molecular complexity index is 2750. The predicted molar refractivity (Wildman–Crippen MR) is 275 cm³/mol. The molecule has 4 aromatic rings. The molecule has 412 valence electrons. The molecule has 26 heteroatoms. The number of aromatic amines is 1. The van der Waals surface area contributed by atoms with Crippen LogP contribution in [0.2, 0.25) is 0 Å². The van der Waals surface area contributed by atoms with Crippen LogP contribution in [0.1, 0.15) is 77.5 Å². The SMILES string of the molecule is CCCC[C@H](NC(=O)[C@@H](NC(C)=O)[C@@H](C)CC)C(=O)N1CCN(c2ccc3ncn(CC(=O)N[C@@H](CCCNC(=N)N)C(=O)N[C@@H](Cc4cnc[nH]4)C(=O)N[C@@H](Cc4cc(F)c(F)c(F)c4)C(=O)NC)c(=O)c3c2)CC1. The molecule has 1 aliphatic rings. The van der Waals surface area contributed by atoms with Crippen LogP contribution < -0.4 is 53.4 Å². The second-order valence-corrected chi connectivity index (χ2v) is 18.7. The van der Waals surface area contributed by atoms with Crippen molar-refractivity contribution in [2.24, 2.45) is 11.7 Å². The van der Waals surface area contributed by atoms with Crippen LogP contribution in [0.4, 0.5) is 18.9 Å². The molecule has 0 saturated carbocycles. The lowest BCUT2D eigenvalue weighted by Crippen LogP contribution is -2.58. The first-order valence-electron chi connectivity index (χ1n) is 25.1. The van der Waals surface area contributed by atoms with E-state index in [9.17, 15) is 51.5 Å². The molecule has 2 aromatic heterocycles.